The number of aromatic nitrogens is 5. The van der Waals surface area contributed by atoms with Gasteiger partial charge in [0.1, 0.15) is 22.8 Å². The number of hydrogen-bond donors (Lipinski definition) is 1. The third kappa shape index (κ3) is 2.97. The zero-order valence-electron chi connectivity index (χ0n) is 16.8. The topological polar surface area (TPSA) is 93.6 Å². The van der Waals surface area contributed by atoms with Crippen molar-refractivity contribution in [1.29, 1.82) is 0 Å². The Morgan fingerprint density at radius 2 is 1.97 bits per heavy atom. The largest absolute Gasteiger partial charge is 0.450 e. The van der Waals surface area contributed by atoms with Gasteiger partial charge in [0.05, 0.1) is 17.3 Å². The van der Waals surface area contributed by atoms with Crippen molar-refractivity contribution < 1.29 is 13.9 Å². The summed E-state index contributed by atoms with van der Waals surface area (Å²) in [4.78, 5) is 33.2. The van der Waals surface area contributed by atoms with E-state index in [2.05, 4.69) is 24.9 Å². The van der Waals surface area contributed by atoms with Gasteiger partial charge in [0, 0.05) is 28.9 Å². The molecule has 0 unspecified atom stereocenters. The van der Waals surface area contributed by atoms with Gasteiger partial charge in [-0.25, -0.2) is 24.1 Å². The van der Waals surface area contributed by atoms with Gasteiger partial charge in [-0.05, 0) is 49.9 Å². The molecule has 6 rings (SSSR count). The average molecular weight is 450 g/mol. The fraction of sp³-hybridized carbons (Fsp3) is 0.261. The van der Waals surface area contributed by atoms with Crippen LogP contribution in [-0.4, -0.2) is 30.9 Å². The van der Waals surface area contributed by atoms with Crippen molar-refractivity contribution in [3.63, 3.8) is 0 Å². The first-order valence-electron chi connectivity index (χ1n) is 10.4. The van der Waals surface area contributed by atoms with Gasteiger partial charge in [-0.2, -0.15) is 0 Å². The summed E-state index contributed by atoms with van der Waals surface area (Å²) in [6.45, 7) is 0. The molecule has 1 aliphatic carbocycles. The number of H-pyrrole nitrogens is 1. The Labute approximate surface area is 187 Å². The van der Waals surface area contributed by atoms with Crippen molar-refractivity contribution >= 4 is 28.7 Å². The standard InChI is InChI=1S/C23H17ClFN5O2/c24-13-1-2-17(25)15(9-13)20-27-11-18-21(30-20)29-19(28-18)12-3-6-23(7-4-12)16-10-26-8-5-14(16)22(31)32-23/h1-2,5,8-12H,3-4,6-7H2,(H,27,28,29,30). The monoisotopic (exact) mass is 449 g/mol. The van der Waals surface area contributed by atoms with Gasteiger partial charge in [0.2, 0.25) is 0 Å². The summed E-state index contributed by atoms with van der Waals surface area (Å²) < 4.78 is 20.0. The molecule has 1 N–H and O–H groups in total. The SMILES string of the molecule is O=C1OC2(CCC(c3nc4nc(-c5cc(Cl)ccc5F)ncc4[nH]3)CC2)c2cnccc21. The molecular weight excluding hydrogens is 433 g/mol. The molecule has 7 nitrogen and oxygen atoms in total. The van der Waals surface area contributed by atoms with E-state index in [0.717, 1.165) is 24.2 Å². The number of fused-ring (bicyclic) bond motifs is 3. The van der Waals surface area contributed by atoms with Crippen LogP contribution in [-0.2, 0) is 10.3 Å². The van der Waals surface area contributed by atoms with E-state index < -0.39 is 11.4 Å². The fourth-order valence-electron chi connectivity index (χ4n) is 4.77. The van der Waals surface area contributed by atoms with E-state index in [9.17, 15) is 9.18 Å². The van der Waals surface area contributed by atoms with Crippen LogP contribution >= 0.6 is 11.6 Å². The molecule has 1 aliphatic heterocycles. The Morgan fingerprint density at radius 3 is 2.81 bits per heavy atom. The molecule has 32 heavy (non-hydrogen) atoms. The van der Waals surface area contributed by atoms with E-state index in [1.807, 2.05) is 0 Å². The van der Waals surface area contributed by atoms with Gasteiger partial charge >= 0.3 is 5.97 Å². The Morgan fingerprint density at radius 1 is 1.12 bits per heavy atom. The van der Waals surface area contributed by atoms with Crippen molar-refractivity contribution in [3.8, 4) is 11.4 Å². The summed E-state index contributed by atoms with van der Waals surface area (Å²) in [5.74, 6) is 0.493. The van der Waals surface area contributed by atoms with Gasteiger partial charge < -0.3 is 9.72 Å². The number of imidazole rings is 1. The molecule has 0 radical (unpaired) electrons. The van der Waals surface area contributed by atoms with Gasteiger partial charge in [0.25, 0.3) is 0 Å². The number of aromatic amines is 1. The first-order chi connectivity index (χ1) is 15.5. The maximum atomic E-state index is 14.2. The molecule has 0 amide bonds. The van der Waals surface area contributed by atoms with E-state index >= 15 is 0 Å². The normalized spacial score (nSPS) is 22.3. The molecule has 0 atom stereocenters. The zero-order chi connectivity index (χ0) is 21.9. The Bertz CT molecular complexity index is 1380. The van der Waals surface area contributed by atoms with Crippen molar-refractivity contribution in [3.05, 3.63) is 70.6 Å². The van der Waals surface area contributed by atoms with E-state index in [0.29, 0.717) is 34.6 Å². The lowest BCUT2D eigenvalue weighted by molar-refractivity contribution is -0.0313. The number of pyridine rings is 1. The number of hydrogen-bond acceptors (Lipinski definition) is 6. The number of benzene rings is 1. The first-order valence-corrected chi connectivity index (χ1v) is 10.8. The molecular formula is C23H17ClFN5O2. The summed E-state index contributed by atoms with van der Waals surface area (Å²) in [7, 11) is 0. The average Bonchev–Trinajstić information content (AvgIpc) is 3.35. The molecule has 4 aromatic rings. The molecule has 160 valence electrons. The number of carbonyl (C=O) groups is 1. The minimum absolute atomic E-state index is 0.167. The second kappa shape index (κ2) is 7.06. The molecule has 0 saturated heterocycles. The van der Waals surface area contributed by atoms with Gasteiger partial charge in [0.15, 0.2) is 11.5 Å². The number of halogens is 2. The summed E-state index contributed by atoms with van der Waals surface area (Å²) >= 11 is 6.00. The molecule has 4 heterocycles. The lowest BCUT2D eigenvalue weighted by Crippen LogP contribution is -2.31. The smallest absolute Gasteiger partial charge is 0.339 e. The van der Waals surface area contributed by atoms with Crippen molar-refractivity contribution in [2.45, 2.75) is 37.2 Å². The zero-order valence-corrected chi connectivity index (χ0v) is 17.6. The number of carbonyl (C=O) groups excluding carboxylic acids is 1. The van der Waals surface area contributed by atoms with Gasteiger partial charge in [-0.3, -0.25) is 4.98 Å². The number of ether oxygens (including phenoxy) is 1. The maximum Gasteiger partial charge on any atom is 0.339 e. The highest BCUT2D eigenvalue weighted by Gasteiger charge is 2.48. The van der Waals surface area contributed by atoms with E-state index in [4.69, 9.17) is 16.3 Å². The Hall–Kier alpha value is -3.39. The number of nitrogens with zero attached hydrogens (tertiary/aromatic N) is 4. The van der Waals surface area contributed by atoms with Crippen LogP contribution in [0.15, 0.2) is 42.9 Å². The van der Waals surface area contributed by atoms with Crippen LogP contribution in [0, 0.1) is 5.82 Å². The summed E-state index contributed by atoms with van der Waals surface area (Å²) in [6.07, 6.45) is 7.96. The van der Waals surface area contributed by atoms with Crippen LogP contribution in [0.2, 0.25) is 5.02 Å². The van der Waals surface area contributed by atoms with E-state index in [1.165, 1.54) is 18.2 Å². The highest BCUT2D eigenvalue weighted by molar-refractivity contribution is 6.30. The van der Waals surface area contributed by atoms with Crippen LogP contribution in [0.4, 0.5) is 4.39 Å². The highest BCUT2D eigenvalue weighted by atomic mass is 35.5. The van der Waals surface area contributed by atoms with Crippen LogP contribution in [0.5, 0.6) is 0 Å². The van der Waals surface area contributed by atoms with Crippen LogP contribution in [0.25, 0.3) is 22.6 Å². The van der Waals surface area contributed by atoms with Gasteiger partial charge in [-0.1, -0.05) is 11.6 Å². The predicted molar refractivity (Wildman–Crippen MR) is 115 cm³/mol. The predicted octanol–water partition coefficient (Wildman–Crippen LogP) is 4.93. The minimum atomic E-state index is -0.597. The third-order valence-corrected chi connectivity index (χ3v) is 6.66. The van der Waals surface area contributed by atoms with E-state index in [1.54, 1.807) is 24.7 Å². The lowest BCUT2D eigenvalue weighted by Gasteiger charge is -2.35. The summed E-state index contributed by atoms with van der Waals surface area (Å²) in [6, 6.07) is 6.00. The molecule has 0 bridgehead atoms. The highest BCUT2D eigenvalue weighted by Crippen LogP contribution is 2.49. The first kappa shape index (κ1) is 19.3. The minimum Gasteiger partial charge on any atom is -0.450 e. The van der Waals surface area contributed by atoms with Crippen LogP contribution in [0.3, 0.4) is 0 Å². The molecule has 3 aromatic heterocycles. The van der Waals surface area contributed by atoms with Crippen LogP contribution in [0.1, 0.15) is 53.3 Å². The Balaban J connectivity index is 1.27. The fourth-order valence-corrected chi connectivity index (χ4v) is 4.94. The van der Waals surface area contributed by atoms with Crippen LogP contribution < -0.4 is 0 Å². The summed E-state index contributed by atoms with van der Waals surface area (Å²) in [5, 5.41) is 0.410. The number of nitrogens with one attached hydrogen (secondary N) is 1. The molecule has 2 aliphatic rings. The number of rotatable bonds is 2. The lowest BCUT2D eigenvalue weighted by atomic mass is 9.75. The molecule has 1 aromatic carbocycles. The molecule has 1 fully saturated rings. The van der Waals surface area contributed by atoms with Crippen molar-refractivity contribution in [1.82, 2.24) is 24.9 Å². The summed E-state index contributed by atoms with van der Waals surface area (Å²) in [5.41, 5.74) is 2.30. The molecule has 1 spiro atoms. The third-order valence-electron chi connectivity index (χ3n) is 6.43. The van der Waals surface area contributed by atoms with Crippen molar-refractivity contribution in [2.75, 3.05) is 0 Å². The molecule has 9 heteroatoms. The maximum absolute atomic E-state index is 14.2. The second-order valence-corrected chi connectivity index (χ2v) is 8.69. The second-order valence-electron chi connectivity index (χ2n) is 8.26. The van der Waals surface area contributed by atoms with Gasteiger partial charge in [-0.15, -0.1) is 0 Å². The van der Waals surface area contributed by atoms with Crippen molar-refractivity contribution in [2.24, 2.45) is 0 Å². The van der Waals surface area contributed by atoms with E-state index in [-0.39, 0.29) is 23.3 Å². The number of esters is 1. The molecule has 1 saturated carbocycles. The quantitative estimate of drug-likeness (QED) is 0.436. The Kier molecular flexibility index (Phi) is 4.26.